The van der Waals surface area contributed by atoms with Crippen LogP contribution in [-0.4, -0.2) is 33.5 Å². The molecule has 1 unspecified atom stereocenters. The number of hydrogen-bond donors (Lipinski definition) is 3. The molecule has 1 aliphatic heterocycles. The van der Waals surface area contributed by atoms with Crippen molar-refractivity contribution in [1.29, 1.82) is 0 Å². The number of aryl methyl sites for hydroxylation is 1. The van der Waals surface area contributed by atoms with Crippen LogP contribution in [0.25, 0.3) is 0 Å². The number of anilines is 1. The Morgan fingerprint density at radius 1 is 1.17 bits per heavy atom. The molecule has 0 aliphatic carbocycles. The topological polar surface area (TPSA) is 87.3 Å². The van der Waals surface area contributed by atoms with Gasteiger partial charge in [-0.15, -0.1) is 0 Å². The Bertz CT molecular complexity index is 988. The van der Waals surface area contributed by atoms with Crippen LogP contribution in [-0.2, 0) is 10.0 Å². The minimum atomic E-state index is -3.86. The minimum Gasteiger partial charge on any atom is -0.319 e. The smallest absolute Gasteiger partial charge is 0.256 e. The number of nitrogens with one attached hydrogen (secondary N) is 3. The van der Waals surface area contributed by atoms with Gasteiger partial charge < -0.3 is 10.6 Å². The van der Waals surface area contributed by atoms with Gasteiger partial charge in [-0.25, -0.2) is 17.5 Å². The maximum Gasteiger partial charge on any atom is 0.256 e. The molecule has 1 aliphatic rings. The number of rotatable bonds is 6. The second-order valence-electron chi connectivity index (χ2n) is 7.41. The first-order valence-corrected chi connectivity index (χ1v) is 11.2. The lowest BCUT2D eigenvalue weighted by molar-refractivity contribution is 0.102. The number of benzene rings is 2. The SMILES string of the molecule is Cc1ccccc1C(=O)Nc1ccc(S(=O)(=O)NC(C)C2CCNCC2)cc1F. The highest BCUT2D eigenvalue weighted by molar-refractivity contribution is 7.89. The van der Waals surface area contributed by atoms with Crippen LogP contribution in [0.2, 0.25) is 0 Å². The van der Waals surface area contributed by atoms with Crippen LogP contribution in [0.4, 0.5) is 10.1 Å². The van der Waals surface area contributed by atoms with E-state index >= 15 is 0 Å². The molecule has 1 atom stereocenters. The lowest BCUT2D eigenvalue weighted by Crippen LogP contribution is -2.42. The molecule has 1 fully saturated rings. The Morgan fingerprint density at radius 2 is 1.86 bits per heavy atom. The van der Waals surface area contributed by atoms with Gasteiger partial charge >= 0.3 is 0 Å². The van der Waals surface area contributed by atoms with Crippen molar-refractivity contribution in [3.8, 4) is 0 Å². The molecule has 2 aromatic carbocycles. The Kier molecular flexibility index (Phi) is 6.66. The number of piperidine rings is 1. The highest BCUT2D eigenvalue weighted by Crippen LogP contribution is 2.22. The van der Waals surface area contributed by atoms with Crippen LogP contribution in [0.5, 0.6) is 0 Å². The Labute approximate surface area is 171 Å². The van der Waals surface area contributed by atoms with Crippen LogP contribution in [0.3, 0.4) is 0 Å². The van der Waals surface area contributed by atoms with Gasteiger partial charge in [0.15, 0.2) is 0 Å². The maximum absolute atomic E-state index is 14.5. The zero-order chi connectivity index (χ0) is 21.0. The summed E-state index contributed by atoms with van der Waals surface area (Å²) in [4.78, 5) is 12.2. The van der Waals surface area contributed by atoms with Crippen molar-refractivity contribution >= 4 is 21.6 Å². The number of carbonyl (C=O) groups is 1. The molecule has 1 saturated heterocycles. The van der Waals surface area contributed by atoms with Gasteiger partial charge in [-0.1, -0.05) is 18.2 Å². The van der Waals surface area contributed by atoms with Gasteiger partial charge in [0.25, 0.3) is 5.91 Å². The number of halogens is 1. The summed E-state index contributed by atoms with van der Waals surface area (Å²) < 4.78 is 42.5. The van der Waals surface area contributed by atoms with Crippen LogP contribution < -0.4 is 15.4 Å². The predicted molar refractivity (Wildman–Crippen MR) is 111 cm³/mol. The molecular formula is C21H26FN3O3S. The first-order chi connectivity index (χ1) is 13.8. The average molecular weight is 420 g/mol. The Hall–Kier alpha value is -2.29. The van der Waals surface area contributed by atoms with Gasteiger partial charge in [-0.3, -0.25) is 4.79 Å². The fourth-order valence-electron chi connectivity index (χ4n) is 3.53. The van der Waals surface area contributed by atoms with E-state index in [1.54, 1.807) is 25.1 Å². The first kappa shape index (κ1) is 21.4. The van der Waals surface area contributed by atoms with E-state index < -0.39 is 21.7 Å². The van der Waals surface area contributed by atoms with Gasteiger partial charge in [0.05, 0.1) is 10.6 Å². The van der Waals surface area contributed by atoms with Crippen molar-refractivity contribution in [2.75, 3.05) is 18.4 Å². The summed E-state index contributed by atoms with van der Waals surface area (Å²) in [6.07, 6.45) is 1.78. The van der Waals surface area contributed by atoms with Crippen LogP contribution in [0.15, 0.2) is 47.4 Å². The summed E-state index contributed by atoms with van der Waals surface area (Å²) in [7, 11) is -3.86. The molecule has 1 amide bonds. The lowest BCUT2D eigenvalue weighted by atomic mass is 9.92. The van der Waals surface area contributed by atoms with E-state index in [-0.39, 0.29) is 22.5 Å². The van der Waals surface area contributed by atoms with E-state index in [1.807, 2.05) is 13.0 Å². The van der Waals surface area contributed by atoms with Crippen molar-refractivity contribution < 1.29 is 17.6 Å². The van der Waals surface area contributed by atoms with E-state index in [9.17, 15) is 17.6 Å². The molecular weight excluding hydrogens is 393 g/mol. The first-order valence-electron chi connectivity index (χ1n) is 9.67. The Morgan fingerprint density at radius 3 is 2.52 bits per heavy atom. The van der Waals surface area contributed by atoms with E-state index in [0.29, 0.717) is 5.56 Å². The molecule has 0 bridgehead atoms. The van der Waals surface area contributed by atoms with Crippen LogP contribution in [0, 0.1) is 18.7 Å². The van der Waals surface area contributed by atoms with Crippen molar-refractivity contribution in [2.45, 2.75) is 37.6 Å². The summed E-state index contributed by atoms with van der Waals surface area (Å²) in [5, 5.41) is 5.75. The molecule has 0 saturated carbocycles. The van der Waals surface area contributed by atoms with Crippen molar-refractivity contribution in [3.63, 3.8) is 0 Å². The van der Waals surface area contributed by atoms with Crippen LogP contribution >= 0.6 is 0 Å². The zero-order valence-electron chi connectivity index (χ0n) is 16.5. The molecule has 0 spiro atoms. The third kappa shape index (κ3) is 5.20. The quantitative estimate of drug-likeness (QED) is 0.672. The van der Waals surface area contributed by atoms with Gasteiger partial charge in [-0.2, -0.15) is 0 Å². The van der Waals surface area contributed by atoms with Crippen molar-refractivity contribution in [1.82, 2.24) is 10.0 Å². The average Bonchev–Trinajstić information content (AvgIpc) is 2.70. The number of carbonyl (C=O) groups excluding carboxylic acids is 1. The lowest BCUT2D eigenvalue weighted by Gasteiger charge is -2.28. The van der Waals surface area contributed by atoms with Gasteiger partial charge in [0.1, 0.15) is 5.82 Å². The van der Waals surface area contributed by atoms with Gasteiger partial charge in [0.2, 0.25) is 10.0 Å². The molecule has 8 heteroatoms. The summed E-state index contributed by atoms with van der Waals surface area (Å²) in [5.41, 5.74) is 1.13. The molecule has 29 heavy (non-hydrogen) atoms. The third-order valence-corrected chi connectivity index (χ3v) is 6.88. The highest BCUT2D eigenvalue weighted by atomic mass is 32.2. The highest BCUT2D eigenvalue weighted by Gasteiger charge is 2.26. The molecule has 6 nitrogen and oxygen atoms in total. The standard InChI is InChI=1S/C21H26FN3O3S/c1-14-5-3-4-6-18(14)21(26)24-20-8-7-17(13-19(20)22)29(27,28)25-15(2)16-9-11-23-12-10-16/h3-8,13,15-16,23,25H,9-12H2,1-2H3,(H,24,26). The Balaban J connectivity index is 1.72. The van der Waals surface area contributed by atoms with E-state index in [1.165, 1.54) is 12.1 Å². The van der Waals surface area contributed by atoms with Gasteiger partial charge in [0, 0.05) is 11.6 Å². The monoisotopic (exact) mass is 419 g/mol. The van der Waals surface area contributed by atoms with Crippen LogP contribution in [0.1, 0.15) is 35.7 Å². The normalized spacial score (nSPS) is 16.4. The maximum atomic E-state index is 14.5. The molecule has 0 aromatic heterocycles. The molecule has 1 heterocycles. The molecule has 0 radical (unpaired) electrons. The van der Waals surface area contributed by atoms with E-state index in [2.05, 4.69) is 15.4 Å². The molecule has 156 valence electrons. The third-order valence-electron chi connectivity index (χ3n) is 5.32. The number of hydrogen-bond acceptors (Lipinski definition) is 4. The van der Waals surface area contributed by atoms with E-state index in [0.717, 1.165) is 37.6 Å². The molecule has 3 N–H and O–H groups in total. The second-order valence-corrected chi connectivity index (χ2v) is 9.12. The number of amides is 1. The minimum absolute atomic E-state index is 0.0661. The molecule has 2 aromatic rings. The van der Waals surface area contributed by atoms with Crippen molar-refractivity contribution in [2.24, 2.45) is 5.92 Å². The largest absolute Gasteiger partial charge is 0.319 e. The van der Waals surface area contributed by atoms with Gasteiger partial charge in [-0.05, 0) is 75.5 Å². The summed E-state index contributed by atoms with van der Waals surface area (Å²) >= 11 is 0. The molecule has 3 rings (SSSR count). The zero-order valence-corrected chi connectivity index (χ0v) is 17.4. The number of sulfonamides is 1. The summed E-state index contributed by atoms with van der Waals surface area (Å²) in [6.45, 7) is 5.35. The predicted octanol–water partition coefficient (Wildman–Crippen LogP) is 3.05. The fourth-order valence-corrected chi connectivity index (χ4v) is 4.86. The summed E-state index contributed by atoms with van der Waals surface area (Å²) in [6, 6.07) is 10.2. The second kappa shape index (κ2) is 9.02. The summed E-state index contributed by atoms with van der Waals surface area (Å²) in [5.74, 6) is -1.01. The van der Waals surface area contributed by atoms with Crippen molar-refractivity contribution in [3.05, 3.63) is 59.4 Å². The van der Waals surface area contributed by atoms with E-state index in [4.69, 9.17) is 0 Å². The fraction of sp³-hybridized carbons (Fsp3) is 0.381.